The van der Waals surface area contributed by atoms with Crippen LogP contribution < -0.4 is 10.5 Å². The molecule has 0 aliphatic heterocycles. The van der Waals surface area contributed by atoms with Gasteiger partial charge in [0.1, 0.15) is 4.90 Å². The molecule has 26 heavy (non-hydrogen) atoms. The van der Waals surface area contributed by atoms with E-state index in [1.807, 2.05) is 30.3 Å². The second-order valence-electron chi connectivity index (χ2n) is 6.72. The average molecular weight is 399 g/mol. The van der Waals surface area contributed by atoms with Gasteiger partial charge in [-0.25, -0.2) is 13.1 Å². The molecule has 8 heteroatoms. The van der Waals surface area contributed by atoms with Crippen LogP contribution in [-0.2, 0) is 16.6 Å². The van der Waals surface area contributed by atoms with Crippen LogP contribution in [0.3, 0.4) is 0 Å². The summed E-state index contributed by atoms with van der Waals surface area (Å²) < 4.78 is 29.8. The first kappa shape index (κ1) is 20.9. The summed E-state index contributed by atoms with van der Waals surface area (Å²) in [5, 5.41) is 4.19. The number of nitrogens with two attached hydrogens (primary N) is 1. The van der Waals surface area contributed by atoms with E-state index in [4.69, 9.17) is 5.73 Å². The molecule has 1 aromatic heterocycles. The highest BCUT2D eigenvalue weighted by Gasteiger charge is 2.28. The van der Waals surface area contributed by atoms with E-state index in [2.05, 4.69) is 9.82 Å². The molecule has 2 aromatic rings. The molecule has 0 radical (unpaired) electrons. The number of nitrogens with one attached hydrogen (secondary N) is 1. The van der Waals surface area contributed by atoms with Gasteiger partial charge in [0.15, 0.2) is 0 Å². The second-order valence-corrected chi connectivity index (χ2v) is 8.43. The molecule has 144 valence electrons. The van der Waals surface area contributed by atoms with Crippen LogP contribution >= 0.6 is 12.4 Å². The summed E-state index contributed by atoms with van der Waals surface area (Å²) in [5.74, 6) is 0.327. The van der Waals surface area contributed by atoms with Gasteiger partial charge in [-0.1, -0.05) is 49.6 Å². The van der Waals surface area contributed by atoms with Gasteiger partial charge in [-0.15, -0.1) is 12.4 Å². The molecule has 0 bridgehead atoms. The van der Waals surface area contributed by atoms with Gasteiger partial charge < -0.3 is 5.73 Å². The molecule has 1 saturated carbocycles. The largest absolute Gasteiger partial charge is 0.329 e. The zero-order valence-electron chi connectivity index (χ0n) is 14.8. The SMILES string of the molecule is Cl.NCC(NS(=O)(=O)c1cnn(Cc2ccccc2)c1)C1CCCCC1. The second kappa shape index (κ2) is 9.50. The molecule has 1 aliphatic carbocycles. The quantitative estimate of drug-likeness (QED) is 0.749. The Balaban J connectivity index is 0.00000243. The van der Waals surface area contributed by atoms with Crippen LogP contribution in [0.1, 0.15) is 37.7 Å². The summed E-state index contributed by atoms with van der Waals surface area (Å²) in [6.45, 7) is 0.862. The smallest absolute Gasteiger partial charge is 0.243 e. The van der Waals surface area contributed by atoms with E-state index in [0.29, 0.717) is 19.0 Å². The van der Waals surface area contributed by atoms with E-state index >= 15 is 0 Å². The lowest BCUT2D eigenvalue weighted by atomic mass is 9.84. The van der Waals surface area contributed by atoms with E-state index in [-0.39, 0.29) is 23.3 Å². The standard InChI is InChI=1S/C18H26N4O2S.ClH/c19-11-18(16-9-5-2-6-10-16)21-25(23,24)17-12-20-22(14-17)13-15-7-3-1-4-8-15;/h1,3-4,7-8,12,14,16,18,21H,2,5-6,9-11,13,19H2;1H. The molecule has 1 aliphatic rings. The molecule has 6 nitrogen and oxygen atoms in total. The lowest BCUT2D eigenvalue weighted by Gasteiger charge is -2.29. The van der Waals surface area contributed by atoms with Gasteiger partial charge in [0.25, 0.3) is 0 Å². The van der Waals surface area contributed by atoms with Crippen molar-refractivity contribution < 1.29 is 8.42 Å². The van der Waals surface area contributed by atoms with Crippen molar-refractivity contribution in [2.24, 2.45) is 11.7 Å². The Kier molecular flexibility index (Phi) is 7.64. The van der Waals surface area contributed by atoms with E-state index in [0.717, 1.165) is 31.2 Å². The number of hydrogen-bond acceptors (Lipinski definition) is 4. The van der Waals surface area contributed by atoms with Crippen LogP contribution in [-0.4, -0.2) is 30.8 Å². The highest BCUT2D eigenvalue weighted by Crippen LogP contribution is 2.27. The summed E-state index contributed by atoms with van der Waals surface area (Å²) in [5.41, 5.74) is 6.92. The van der Waals surface area contributed by atoms with Crippen LogP contribution in [0.5, 0.6) is 0 Å². The number of nitrogens with zero attached hydrogens (tertiary/aromatic N) is 2. The minimum atomic E-state index is -3.61. The van der Waals surface area contributed by atoms with Crippen LogP contribution in [0.15, 0.2) is 47.6 Å². The number of halogens is 1. The minimum absolute atomic E-state index is 0. The molecular formula is C18H27ClN4O2S. The van der Waals surface area contributed by atoms with Gasteiger partial charge in [-0.3, -0.25) is 4.68 Å². The lowest BCUT2D eigenvalue weighted by Crippen LogP contribution is -2.45. The molecular weight excluding hydrogens is 372 g/mol. The summed E-state index contributed by atoms with van der Waals surface area (Å²) in [6, 6.07) is 9.62. The highest BCUT2D eigenvalue weighted by molar-refractivity contribution is 7.89. The fourth-order valence-corrected chi connectivity index (χ4v) is 4.75. The molecule has 1 unspecified atom stereocenters. The van der Waals surface area contributed by atoms with Gasteiger partial charge in [-0.2, -0.15) is 5.10 Å². The Labute approximate surface area is 161 Å². The Bertz CT molecular complexity index is 773. The predicted octanol–water partition coefficient (Wildman–Crippen LogP) is 2.54. The van der Waals surface area contributed by atoms with Gasteiger partial charge in [0.2, 0.25) is 10.0 Å². The first-order valence-electron chi connectivity index (χ1n) is 8.87. The summed E-state index contributed by atoms with van der Waals surface area (Å²) >= 11 is 0. The molecule has 1 aromatic carbocycles. The van der Waals surface area contributed by atoms with Crippen LogP contribution in [0.4, 0.5) is 0 Å². The van der Waals surface area contributed by atoms with Crippen LogP contribution in [0.2, 0.25) is 0 Å². The third-order valence-corrected chi connectivity index (χ3v) is 6.33. The van der Waals surface area contributed by atoms with E-state index < -0.39 is 10.0 Å². The topological polar surface area (TPSA) is 90.0 Å². The summed E-state index contributed by atoms with van der Waals surface area (Å²) in [6.07, 6.45) is 8.58. The lowest BCUT2D eigenvalue weighted by molar-refractivity contribution is 0.294. The van der Waals surface area contributed by atoms with E-state index in [1.54, 1.807) is 10.9 Å². The van der Waals surface area contributed by atoms with Crippen molar-refractivity contribution in [1.82, 2.24) is 14.5 Å². The number of hydrogen-bond donors (Lipinski definition) is 2. The monoisotopic (exact) mass is 398 g/mol. The molecule has 0 amide bonds. The Morgan fingerprint density at radius 1 is 1.19 bits per heavy atom. The fraction of sp³-hybridized carbons (Fsp3) is 0.500. The number of rotatable bonds is 7. The Morgan fingerprint density at radius 2 is 1.88 bits per heavy atom. The maximum atomic E-state index is 12.7. The Hall–Kier alpha value is -1.41. The number of aromatic nitrogens is 2. The molecule has 3 rings (SSSR count). The van der Waals surface area contributed by atoms with Crippen molar-refractivity contribution in [3.8, 4) is 0 Å². The molecule has 1 heterocycles. The third kappa shape index (κ3) is 5.30. The molecule has 1 fully saturated rings. The fourth-order valence-electron chi connectivity index (χ4n) is 3.48. The van der Waals surface area contributed by atoms with Gasteiger partial charge >= 0.3 is 0 Å². The van der Waals surface area contributed by atoms with Crippen molar-refractivity contribution in [3.63, 3.8) is 0 Å². The predicted molar refractivity (Wildman–Crippen MR) is 105 cm³/mol. The molecule has 0 saturated heterocycles. The van der Waals surface area contributed by atoms with Crippen molar-refractivity contribution in [2.75, 3.05) is 6.54 Å². The number of sulfonamides is 1. The van der Waals surface area contributed by atoms with Crippen LogP contribution in [0, 0.1) is 5.92 Å². The maximum Gasteiger partial charge on any atom is 0.243 e. The number of benzene rings is 1. The average Bonchev–Trinajstić information content (AvgIpc) is 3.11. The van der Waals surface area contributed by atoms with E-state index in [1.165, 1.54) is 12.6 Å². The van der Waals surface area contributed by atoms with Crippen molar-refractivity contribution >= 4 is 22.4 Å². The van der Waals surface area contributed by atoms with Crippen molar-refractivity contribution in [2.45, 2.75) is 49.6 Å². The third-order valence-electron chi connectivity index (χ3n) is 4.89. The zero-order chi connectivity index (χ0) is 17.7. The van der Waals surface area contributed by atoms with Crippen LogP contribution in [0.25, 0.3) is 0 Å². The first-order valence-corrected chi connectivity index (χ1v) is 10.4. The summed E-state index contributed by atoms with van der Waals surface area (Å²) in [4.78, 5) is 0.192. The Morgan fingerprint density at radius 3 is 2.54 bits per heavy atom. The minimum Gasteiger partial charge on any atom is -0.329 e. The molecule has 3 N–H and O–H groups in total. The van der Waals surface area contributed by atoms with Gasteiger partial charge in [0, 0.05) is 18.8 Å². The zero-order valence-corrected chi connectivity index (χ0v) is 16.4. The van der Waals surface area contributed by atoms with Crippen molar-refractivity contribution in [3.05, 3.63) is 48.3 Å². The van der Waals surface area contributed by atoms with E-state index in [9.17, 15) is 8.42 Å². The highest BCUT2D eigenvalue weighted by atomic mass is 35.5. The van der Waals surface area contributed by atoms with Crippen molar-refractivity contribution in [1.29, 1.82) is 0 Å². The summed E-state index contributed by atoms with van der Waals surface area (Å²) in [7, 11) is -3.61. The first-order chi connectivity index (χ1) is 12.1. The van der Waals surface area contributed by atoms with Gasteiger partial charge in [0.05, 0.1) is 12.7 Å². The normalized spacial score (nSPS) is 16.8. The van der Waals surface area contributed by atoms with Gasteiger partial charge in [-0.05, 0) is 24.3 Å². The maximum absolute atomic E-state index is 12.7. The molecule has 0 spiro atoms. The molecule has 1 atom stereocenters.